The highest BCUT2D eigenvalue weighted by Gasteiger charge is 2.45. The molecule has 0 aliphatic carbocycles. The van der Waals surface area contributed by atoms with Crippen LogP contribution < -0.4 is 5.73 Å². The minimum absolute atomic E-state index is 0.142. The summed E-state index contributed by atoms with van der Waals surface area (Å²) in [5.41, 5.74) is 6.25. The third kappa shape index (κ3) is 3.05. The average molecular weight is 347 g/mol. The molecule has 2 aromatic rings. The quantitative estimate of drug-likeness (QED) is 0.390. The molecular weight excluding hydrogens is 333 g/mol. The van der Waals surface area contributed by atoms with Gasteiger partial charge in [0.2, 0.25) is 0 Å². The van der Waals surface area contributed by atoms with Crippen LogP contribution in [0, 0.1) is 0 Å². The number of ether oxygens (including phenoxy) is 1. The summed E-state index contributed by atoms with van der Waals surface area (Å²) in [4.78, 5) is 29.2. The summed E-state index contributed by atoms with van der Waals surface area (Å²) in [6.45, 7) is -0.594. The lowest BCUT2D eigenvalue weighted by molar-refractivity contribution is -0.0504. The Balaban J connectivity index is 1.85. The van der Waals surface area contributed by atoms with E-state index in [1.165, 1.54) is 17.2 Å². The van der Waals surface area contributed by atoms with Crippen LogP contribution in [0.3, 0.4) is 0 Å². The van der Waals surface area contributed by atoms with Gasteiger partial charge in [-0.25, -0.2) is 19.5 Å². The Morgan fingerprint density at radius 3 is 2.74 bits per heavy atom. The number of nitrogens with zero attached hydrogens (tertiary/aromatic N) is 4. The van der Waals surface area contributed by atoms with Crippen molar-refractivity contribution in [2.45, 2.75) is 24.5 Å². The van der Waals surface area contributed by atoms with E-state index in [2.05, 4.69) is 19.5 Å². The first-order valence-corrected chi connectivity index (χ1v) is 7.95. The average Bonchev–Trinajstić information content (AvgIpc) is 3.01. The molecule has 3 rings (SSSR count). The van der Waals surface area contributed by atoms with Crippen molar-refractivity contribution in [3.63, 3.8) is 0 Å². The Kier molecular flexibility index (Phi) is 4.06. The molecule has 126 valence electrons. The SMILES string of the molecule is Nc1ncnc2c1ncn2[C@H]1O[C@@H](COP(=O)(O)O)[C@@H](O)[C@@H]1O. The van der Waals surface area contributed by atoms with Crippen LogP contribution in [-0.4, -0.2) is 64.4 Å². The van der Waals surface area contributed by atoms with E-state index in [-0.39, 0.29) is 11.5 Å². The number of hydrogen-bond donors (Lipinski definition) is 5. The van der Waals surface area contributed by atoms with Crippen molar-refractivity contribution >= 4 is 24.8 Å². The molecule has 3 heterocycles. The second-order valence-corrected chi connectivity index (χ2v) is 6.15. The number of nitrogens with two attached hydrogens (primary N) is 1. The Bertz CT molecular complexity index is 763. The van der Waals surface area contributed by atoms with Crippen LogP contribution in [0.4, 0.5) is 5.82 Å². The fourth-order valence-electron chi connectivity index (χ4n) is 2.32. The van der Waals surface area contributed by atoms with Gasteiger partial charge in [-0.3, -0.25) is 9.09 Å². The zero-order valence-corrected chi connectivity index (χ0v) is 12.4. The normalized spacial score (nSPS) is 28.5. The number of phosphoric ester groups is 1. The highest BCUT2D eigenvalue weighted by Crippen LogP contribution is 2.38. The van der Waals surface area contributed by atoms with Crippen LogP contribution in [0.1, 0.15) is 6.23 Å². The lowest BCUT2D eigenvalue weighted by Gasteiger charge is -2.16. The Hall–Kier alpha value is -1.66. The van der Waals surface area contributed by atoms with Crippen molar-refractivity contribution in [1.82, 2.24) is 19.5 Å². The van der Waals surface area contributed by atoms with Gasteiger partial charge in [0, 0.05) is 0 Å². The van der Waals surface area contributed by atoms with Crippen molar-refractivity contribution in [2.24, 2.45) is 0 Å². The molecule has 0 radical (unpaired) electrons. The van der Waals surface area contributed by atoms with E-state index >= 15 is 0 Å². The molecule has 1 aliphatic heterocycles. The summed E-state index contributed by atoms with van der Waals surface area (Å²) in [6.07, 6.45) is -2.49. The number of anilines is 1. The van der Waals surface area contributed by atoms with E-state index < -0.39 is 39.0 Å². The second-order valence-electron chi connectivity index (χ2n) is 4.92. The Morgan fingerprint density at radius 1 is 1.30 bits per heavy atom. The maximum absolute atomic E-state index is 10.7. The molecule has 0 saturated carbocycles. The highest BCUT2D eigenvalue weighted by atomic mass is 31.2. The minimum atomic E-state index is -4.72. The summed E-state index contributed by atoms with van der Waals surface area (Å²) in [6, 6.07) is 0. The van der Waals surface area contributed by atoms with Gasteiger partial charge >= 0.3 is 7.82 Å². The largest absolute Gasteiger partial charge is 0.469 e. The van der Waals surface area contributed by atoms with E-state index in [1.807, 2.05) is 0 Å². The molecule has 23 heavy (non-hydrogen) atoms. The van der Waals surface area contributed by atoms with Gasteiger partial charge in [-0.1, -0.05) is 0 Å². The Labute approximate surface area is 128 Å². The monoisotopic (exact) mass is 347 g/mol. The summed E-state index contributed by atoms with van der Waals surface area (Å²) >= 11 is 0. The van der Waals surface area contributed by atoms with Crippen LogP contribution in [0.25, 0.3) is 11.2 Å². The molecule has 0 amide bonds. The summed E-state index contributed by atoms with van der Waals surface area (Å²) < 4.78 is 21.8. The molecule has 1 fully saturated rings. The number of imidazole rings is 1. The molecule has 1 aliphatic rings. The second kappa shape index (κ2) is 5.76. The van der Waals surface area contributed by atoms with Crippen molar-refractivity contribution in [3.8, 4) is 0 Å². The number of phosphoric acid groups is 1. The maximum Gasteiger partial charge on any atom is 0.469 e. The summed E-state index contributed by atoms with van der Waals surface area (Å²) in [7, 11) is -4.72. The van der Waals surface area contributed by atoms with Gasteiger partial charge in [-0.05, 0) is 0 Å². The van der Waals surface area contributed by atoms with Crippen molar-refractivity contribution in [1.29, 1.82) is 0 Å². The number of aliphatic hydroxyl groups excluding tert-OH is 2. The number of hydrogen-bond acceptors (Lipinski definition) is 9. The van der Waals surface area contributed by atoms with Gasteiger partial charge in [0.25, 0.3) is 0 Å². The third-order valence-electron chi connectivity index (χ3n) is 3.41. The van der Waals surface area contributed by atoms with E-state index in [0.29, 0.717) is 5.52 Å². The van der Waals surface area contributed by atoms with E-state index in [1.54, 1.807) is 0 Å². The van der Waals surface area contributed by atoms with Crippen molar-refractivity contribution < 1.29 is 33.8 Å². The summed E-state index contributed by atoms with van der Waals surface area (Å²) in [5, 5.41) is 20.1. The van der Waals surface area contributed by atoms with Crippen LogP contribution in [0.5, 0.6) is 0 Å². The first-order valence-electron chi connectivity index (χ1n) is 6.42. The van der Waals surface area contributed by atoms with Crippen molar-refractivity contribution in [3.05, 3.63) is 12.7 Å². The van der Waals surface area contributed by atoms with E-state index in [0.717, 1.165) is 0 Å². The smallest absolute Gasteiger partial charge is 0.387 e. The number of fused-ring (bicyclic) bond motifs is 1. The topological polar surface area (TPSA) is 186 Å². The molecule has 1 saturated heterocycles. The standard InChI is InChI=1S/C10H14N5O7P/c11-8-5-9(13-2-12-8)15(3-14-5)10-7(17)6(16)4(22-10)1-21-23(18,19)20/h2-4,6-7,10,16-17H,1H2,(H2,11,12,13)(H2,18,19,20)/t4-,6+,7-,10-/m0/s1. The first kappa shape index (κ1) is 16.2. The first-order chi connectivity index (χ1) is 10.8. The zero-order chi connectivity index (χ0) is 16.8. The van der Waals surface area contributed by atoms with Gasteiger partial charge in [0.05, 0.1) is 12.9 Å². The molecule has 0 spiro atoms. The van der Waals surface area contributed by atoms with Gasteiger partial charge in [0.1, 0.15) is 30.2 Å². The highest BCUT2D eigenvalue weighted by molar-refractivity contribution is 7.46. The lowest BCUT2D eigenvalue weighted by atomic mass is 10.1. The molecule has 2 aromatic heterocycles. The number of aliphatic hydroxyl groups is 2. The van der Waals surface area contributed by atoms with Crippen LogP contribution in [0.2, 0.25) is 0 Å². The maximum atomic E-state index is 10.7. The molecule has 13 heteroatoms. The Morgan fingerprint density at radius 2 is 2.04 bits per heavy atom. The molecule has 12 nitrogen and oxygen atoms in total. The van der Waals surface area contributed by atoms with Gasteiger partial charge < -0.3 is 30.5 Å². The predicted octanol–water partition coefficient (Wildman–Crippen LogP) is -1.86. The fraction of sp³-hybridized carbons (Fsp3) is 0.500. The van der Waals surface area contributed by atoms with E-state index in [4.69, 9.17) is 20.3 Å². The minimum Gasteiger partial charge on any atom is -0.387 e. The molecule has 0 aromatic carbocycles. The number of nitrogen functional groups attached to an aromatic ring is 1. The lowest BCUT2D eigenvalue weighted by Crippen LogP contribution is -2.33. The molecular formula is C10H14N5O7P. The molecule has 4 atom stereocenters. The molecule has 6 N–H and O–H groups in total. The predicted molar refractivity (Wildman–Crippen MR) is 73.7 cm³/mol. The van der Waals surface area contributed by atoms with Crippen molar-refractivity contribution in [2.75, 3.05) is 12.3 Å². The van der Waals surface area contributed by atoms with E-state index in [9.17, 15) is 14.8 Å². The number of rotatable bonds is 4. The molecule has 0 bridgehead atoms. The van der Waals surface area contributed by atoms with Crippen LogP contribution in [0.15, 0.2) is 12.7 Å². The van der Waals surface area contributed by atoms with Crippen LogP contribution >= 0.6 is 7.82 Å². The van der Waals surface area contributed by atoms with Gasteiger partial charge in [0.15, 0.2) is 17.7 Å². The number of aromatic nitrogens is 4. The zero-order valence-electron chi connectivity index (χ0n) is 11.5. The van der Waals surface area contributed by atoms with Gasteiger partial charge in [-0.2, -0.15) is 0 Å². The molecule has 0 unspecified atom stereocenters. The summed E-state index contributed by atoms with van der Waals surface area (Å²) in [5.74, 6) is 0.142. The van der Waals surface area contributed by atoms with Crippen LogP contribution in [-0.2, 0) is 13.8 Å². The third-order valence-corrected chi connectivity index (χ3v) is 3.89. The van der Waals surface area contributed by atoms with Gasteiger partial charge in [-0.15, -0.1) is 0 Å². The fourth-order valence-corrected chi connectivity index (χ4v) is 2.66.